The molecule has 1 aliphatic heterocycles. The lowest BCUT2D eigenvalue weighted by molar-refractivity contribution is -0.136. The van der Waals surface area contributed by atoms with Crippen LogP contribution in [0.5, 0.6) is 0 Å². The Balaban J connectivity index is 2.74. The zero-order valence-electron chi connectivity index (χ0n) is 13.9. The van der Waals surface area contributed by atoms with Gasteiger partial charge in [0, 0.05) is 20.2 Å². The van der Waals surface area contributed by atoms with E-state index in [1.165, 1.54) is 12.0 Å². The first kappa shape index (κ1) is 19.0. The Kier molecular flexibility index (Phi) is 6.62. The number of ether oxygens (including phenoxy) is 2. The van der Waals surface area contributed by atoms with Crippen LogP contribution in [0.2, 0.25) is 0 Å². The molecule has 1 saturated heterocycles. The molecule has 0 aliphatic carbocycles. The first-order chi connectivity index (χ1) is 10.6. The van der Waals surface area contributed by atoms with Crippen LogP contribution < -0.4 is 10.6 Å². The molecule has 0 spiro atoms. The lowest BCUT2D eigenvalue weighted by Crippen LogP contribution is -2.62. The molecule has 3 N–H and O–H groups in total. The number of hydrogen-bond donors (Lipinski definition) is 3. The zero-order chi connectivity index (χ0) is 17.6. The number of carboxylic acid groups (broad SMARTS) is 1. The van der Waals surface area contributed by atoms with Gasteiger partial charge in [0.25, 0.3) is 0 Å². The Morgan fingerprint density at radius 1 is 1.22 bits per heavy atom. The average Bonchev–Trinajstić information content (AvgIpc) is 2.38. The van der Waals surface area contributed by atoms with Gasteiger partial charge in [-0.25, -0.2) is 9.59 Å². The van der Waals surface area contributed by atoms with Crippen LogP contribution in [0.1, 0.15) is 27.2 Å². The second kappa shape index (κ2) is 8.00. The predicted molar refractivity (Wildman–Crippen MR) is 81.2 cm³/mol. The van der Waals surface area contributed by atoms with Crippen LogP contribution >= 0.6 is 0 Å². The molecular weight excluding hydrogens is 306 g/mol. The Morgan fingerprint density at radius 2 is 1.87 bits per heavy atom. The normalized spacial score (nSPS) is 21.5. The van der Waals surface area contributed by atoms with Crippen LogP contribution in [0.25, 0.3) is 0 Å². The van der Waals surface area contributed by atoms with E-state index in [4.69, 9.17) is 14.6 Å². The molecule has 1 fully saturated rings. The molecule has 0 aromatic heterocycles. The van der Waals surface area contributed by atoms with Crippen LogP contribution in [-0.4, -0.2) is 72.6 Å². The van der Waals surface area contributed by atoms with Crippen LogP contribution in [0, 0.1) is 0 Å². The molecule has 0 aromatic carbocycles. The summed E-state index contributed by atoms with van der Waals surface area (Å²) in [5.74, 6) is -0.211. The van der Waals surface area contributed by atoms with E-state index in [0.29, 0.717) is 13.0 Å². The van der Waals surface area contributed by atoms with Crippen molar-refractivity contribution in [3.63, 3.8) is 0 Å². The number of piperidine rings is 1. The quantitative estimate of drug-likeness (QED) is 0.686. The summed E-state index contributed by atoms with van der Waals surface area (Å²) >= 11 is 0. The third kappa shape index (κ3) is 6.72. The SMILES string of the molecule is COCC(=O)N1CC[C@H](NC(=O)O)[C@@H](NC(=O)OC(C)(C)C)C1. The van der Waals surface area contributed by atoms with E-state index in [0.717, 1.165) is 0 Å². The van der Waals surface area contributed by atoms with Gasteiger partial charge in [-0.15, -0.1) is 0 Å². The molecule has 2 atom stereocenters. The van der Waals surface area contributed by atoms with Gasteiger partial charge in [-0.05, 0) is 27.2 Å². The minimum Gasteiger partial charge on any atom is -0.465 e. The number of rotatable bonds is 4. The lowest BCUT2D eigenvalue weighted by Gasteiger charge is -2.38. The van der Waals surface area contributed by atoms with Crippen molar-refractivity contribution in [3.8, 4) is 0 Å². The minimum atomic E-state index is -1.18. The number of likely N-dealkylation sites (tertiary alicyclic amines) is 1. The van der Waals surface area contributed by atoms with E-state index in [-0.39, 0.29) is 19.1 Å². The smallest absolute Gasteiger partial charge is 0.408 e. The van der Waals surface area contributed by atoms with Gasteiger partial charge in [0.1, 0.15) is 12.2 Å². The van der Waals surface area contributed by atoms with E-state index in [1.807, 2.05) is 0 Å². The van der Waals surface area contributed by atoms with Crippen LogP contribution in [0.3, 0.4) is 0 Å². The number of hydrogen-bond acceptors (Lipinski definition) is 5. The van der Waals surface area contributed by atoms with E-state index >= 15 is 0 Å². The first-order valence-electron chi connectivity index (χ1n) is 7.38. The minimum absolute atomic E-state index is 0.0593. The molecule has 9 heteroatoms. The van der Waals surface area contributed by atoms with E-state index in [1.54, 1.807) is 20.8 Å². The fourth-order valence-corrected chi connectivity index (χ4v) is 2.33. The highest BCUT2D eigenvalue weighted by Gasteiger charge is 2.34. The van der Waals surface area contributed by atoms with E-state index < -0.39 is 29.9 Å². The lowest BCUT2D eigenvalue weighted by atomic mass is 9.99. The van der Waals surface area contributed by atoms with Crippen molar-refractivity contribution in [2.45, 2.75) is 44.9 Å². The summed E-state index contributed by atoms with van der Waals surface area (Å²) in [6, 6.07) is -1.07. The van der Waals surface area contributed by atoms with Gasteiger partial charge in [-0.1, -0.05) is 0 Å². The van der Waals surface area contributed by atoms with E-state index in [2.05, 4.69) is 10.6 Å². The monoisotopic (exact) mass is 331 g/mol. The molecule has 1 heterocycles. The average molecular weight is 331 g/mol. The third-order valence-electron chi connectivity index (χ3n) is 3.24. The van der Waals surface area contributed by atoms with Crippen molar-refractivity contribution in [1.82, 2.24) is 15.5 Å². The molecule has 0 aromatic rings. The van der Waals surface area contributed by atoms with Gasteiger partial charge in [0.05, 0.1) is 12.1 Å². The number of nitrogens with zero attached hydrogens (tertiary/aromatic N) is 1. The van der Waals surface area contributed by atoms with Gasteiger partial charge in [-0.3, -0.25) is 4.79 Å². The number of amides is 3. The molecule has 3 amide bonds. The van der Waals surface area contributed by atoms with Crippen molar-refractivity contribution < 1.29 is 29.0 Å². The van der Waals surface area contributed by atoms with Crippen molar-refractivity contribution in [2.24, 2.45) is 0 Å². The molecule has 0 unspecified atom stereocenters. The second-order valence-electron chi connectivity index (χ2n) is 6.37. The fraction of sp³-hybridized carbons (Fsp3) is 0.786. The Hall–Kier alpha value is -2.03. The number of methoxy groups -OCH3 is 1. The molecule has 1 aliphatic rings. The topological polar surface area (TPSA) is 117 Å². The van der Waals surface area contributed by atoms with Crippen LogP contribution in [0.15, 0.2) is 0 Å². The van der Waals surface area contributed by atoms with Crippen molar-refractivity contribution in [1.29, 1.82) is 0 Å². The highest BCUT2D eigenvalue weighted by molar-refractivity contribution is 5.78. The highest BCUT2D eigenvalue weighted by atomic mass is 16.6. The maximum atomic E-state index is 11.9. The summed E-state index contributed by atoms with van der Waals surface area (Å²) in [7, 11) is 1.42. The first-order valence-corrected chi connectivity index (χ1v) is 7.38. The molecule has 0 bridgehead atoms. The molecule has 0 saturated carbocycles. The summed E-state index contributed by atoms with van der Waals surface area (Å²) in [6.07, 6.45) is -1.44. The summed E-state index contributed by atoms with van der Waals surface area (Å²) in [4.78, 5) is 36.3. The van der Waals surface area contributed by atoms with Gasteiger partial charge in [-0.2, -0.15) is 0 Å². The summed E-state index contributed by atoms with van der Waals surface area (Å²) in [5.41, 5.74) is -0.667. The van der Waals surface area contributed by atoms with Crippen LogP contribution in [0.4, 0.5) is 9.59 Å². The van der Waals surface area contributed by atoms with E-state index in [9.17, 15) is 14.4 Å². The number of carbonyl (C=O) groups excluding carboxylic acids is 2. The molecule has 0 radical (unpaired) electrons. The number of alkyl carbamates (subject to hydrolysis) is 1. The van der Waals surface area contributed by atoms with Crippen molar-refractivity contribution >= 4 is 18.1 Å². The van der Waals surface area contributed by atoms with Gasteiger partial charge >= 0.3 is 12.2 Å². The third-order valence-corrected chi connectivity index (χ3v) is 3.24. The van der Waals surface area contributed by atoms with Gasteiger partial charge in [0.2, 0.25) is 5.91 Å². The summed E-state index contributed by atoms with van der Waals surface area (Å²) in [5, 5.41) is 13.9. The van der Waals surface area contributed by atoms with Crippen molar-refractivity contribution in [3.05, 3.63) is 0 Å². The standard InChI is InChI=1S/C14H25N3O6/c1-14(2,3)23-13(21)16-10-7-17(11(18)8-22-4)6-5-9(10)15-12(19)20/h9-10,15H,5-8H2,1-4H3,(H,16,21)(H,19,20)/t9-,10-/m0/s1. The molecule has 9 nitrogen and oxygen atoms in total. The molecule has 132 valence electrons. The molecule has 23 heavy (non-hydrogen) atoms. The Bertz CT molecular complexity index is 448. The molecular formula is C14H25N3O6. The summed E-state index contributed by atoms with van der Waals surface area (Å²) < 4.78 is 10.0. The Morgan fingerprint density at radius 3 is 2.39 bits per heavy atom. The molecule has 1 rings (SSSR count). The second-order valence-corrected chi connectivity index (χ2v) is 6.37. The number of carbonyl (C=O) groups is 3. The van der Waals surface area contributed by atoms with Crippen LogP contribution in [-0.2, 0) is 14.3 Å². The fourth-order valence-electron chi connectivity index (χ4n) is 2.33. The maximum Gasteiger partial charge on any atom is 0.408 e. The van der Waals surface area contributed by atoms with Crippen molar-refractivity contribution in [2.75, 3.05) is 26.8 Å². The highest BCUT2D eigenvalue weighted by Crippen LogP contribution is 2.14. The van der Waals surface area contributed by atoms with Gasteiger partial charge in [0.15, 0.2) is 0 Å². The largest absolute Gasteiger partial charge is 0.465 e. The number of nitrogens with one attached hydrogen (secondary N) is 2. The van der Waals surface area contributed by atoms with Gasteiger partial charge < -0.3 is 30.1 Å². The summed E-state index contributed by atoms with van der Waals surface area (Å²) in [6.45, 7) is 5.71. The maximum absolute atomic E-state index is 11.9. The Labute approximate surface area is 135 Å². The predicted octanol–water partition coefficient (Wildman–Crippen LogP) is 0.395. The zero-order valence-corrected chi connectivity index (χ0v) is 13.9.